The first-order chi connectivity index (χ1) is 9.85. The van der Waals surface area contributed by atoms with Crippen molar-refractivity contribution in [2.24, 2.45) is 0 Å². The van der Waals surface area contributed by atoms with Gasteiger partial charge in [-0.3, -0.25) is 4.79 Å². The number of benzene rings is 1. The second-order valence-corrected chi connectivity index (χ2v) is 7.18. The number of carbonyl (C=O) groups is 1. The second kappa shape index (κ2) is 6.74. The molecule has 1 aromatic rings. The van der Waals surface area contributed by atoms with Crippen LogP contribution in [0.2, 0.25) is 5.02 Å². The summed E-state index contributed by atoms with van der Waals surface area (Å²) in [5, 5.41) is 0.562. The lowest BCUT2D eigenvalue weighted by Gasteiger charge is -2.29. The maximum Gasteiger partial charge on any atom is 0.248 e. The lowest BCUT2D eigenvalue weighted by molar-refractivity contribution is -0.146. The summed E-state index contributed by atoms with van der Waals surface area (Å²) in [4.78, 5) is 12.8. The molecule has 1 aliphatic heterocycles. The third-order valence-corrected chi connectivity index (χ3v) is 4.72. The molecule has 0 saturated carbocycles. The van der Waals surface area contributed by atoms with Gasteiger partial charge in [0.2, 0.25) is 15.9 Å². The summed E-state index contributed by atoms with van der Waals surface area (Å²) in [6, 6.07) is 6.64. The van der Waals surface area contributed by atoms with E-state index in [0.29, 0.717) is 17.1 Å². The molecule has 1 amide bonds. The molecule has 1 atom stereocenters. The van der Waals surface area contributed by atoms with Gasteiger partial charge in [0.25, 0.3) is 0 Å². The summed E-state index contributed by atoms with van der Waals surface area (Å²) in [5.41, 5.74) is 0.656. The fraction of sp³-hybridized carbons (Fsp3) is 0.462. The van der Waals surface area contributed by atoms with Crippen LogP contribution in [-0.2, 0) is 25.3 Å². The second-order valence-electron chi connectivity index (χ2n) is 4.94. The Morgan fingerprint density at radius 3 is 2.67 bits per heavy atom. The lowest BCUT2D eigenvalue weighted by atomic mass is 10.2. The summed E-state index contributed by atoms with van der Waals surface area (Å²) in [6.45, 7) is 0.510. The van der Waals surface area contributed by atoms with Crippen LogP contribution in [0.15, 0.2) is 24.3 Å². The molecule has 116 valence electrons. The summed E-state index contributed by atoms with van der Waals surface area (Å²) >= 11 is 5.76. The average molecular weight is 333 g/mol. The Labute approximate surface area is 129 Å². The van der Waals surface area contributed by atoms with Gasteiger partial charge in [0.1, 0.15) is 6.61 Å². The highest BCUT2D eigenvalue weighted by Crippen LogP contribution is 2.12. The standard InChI is InChI=1S/C13H17ClN2O4S/c1-16-7-12(20-8-13(16)17)6-15-21(18,19)9-10-2-4-11(14)5-3-10/h2-5,12,15H,6-9H2,1H3. The molecule has 0 bridgehead atoms. The van der Waals surface area contributed by atoms with Gasteiger partial charge in [-0.25, -0.2) is 13.1 Å². The highest BCUT2D eigenvalue weighted by molar-refractivity contribution is 7.88. The zero-order valence-electron chi connectivity index (χ0n) is 11.6. The topological polar surface area (TPSA) is 75.7 Å². The van der Waals surface area contributed by atoms with Crippen LogP contribution in [0.25, 0.3) is 0 Å². The molecular formula is C13H17ClN2O4S. The van der Waals surface area contributed by atoms with E-state index in [4.69, 9.17) is 16.3 Å². The van der Waals surface area contributed by atoms with Gasteiger partial charge in [0.15, 0.2) is 0 Å². The SMILES string of the molecule is CN1CC(CNS(=O)(=O)Cc2ccc(Cl)cc2)OCC1=O. The van der Waals surface area contributed by atoms with Crippen molar-refractivity contribution >= 4 is 27.5 Å². The van der Waals surface area contributed by atoms with Gasteiger partial charge in [0, 0.05) is 25.2 Å². The molecule has 1 heterocycles. The fourth-order valence-electron chi connectivity index (χ4n) is 1.95. The van der Waals surface area contributed by atoms with Crippen LogP contribution >= 0.6 is 11.6 Å². The maximum absolute atomic E-state index is 12.0. The van der Waals surface area contributed by atoms with Crippen molar-refractivity contribution in [2.75, 3.05) is 26.7 Å². The lowest BCUT2D eigenvalue weighted by Crippen LogP contribution is -2.48. The molecule has 1 fully saturated rings. The Bertz CT molecular complexity index is 603. The van der Waals surface area contributed by atoms with Crippen molar-refractivity contribution in [1.29, 1.82) is 0 Å². The molecule has 8 heteroatoms. The van der Waals surface area contributed by atoms with Crippen LogP contribution < -0.4 is 4.72 Å². The first kappa shape index (κ1) is 16.2. The molecule has 0 aliphatic carbocycles. The molecule has 1 aromatic carbocycles. The highest BCUT2D eigenvalue weighted by Gasteiger charge is 2.24. The minimum atomic E-state index is -3.45. The van der Waals surface area contributed by atoms with E-state index in [2.05, 4.69) is 4.72 Å². The molecule has 6 nitrogen and oxygen atoms in total. The number of hydrogen-bond donors (Lipinski definition) is 1. The highest BCUT2D eigenvalue weighted by atomic mass is 35.5. The van der Waals surface area contributed by atoms with Crippen molar-refractivity contribution in [2.45, 2.75) is 11.9 Å². The summed E-state index contributed by atoms with van der Waals surface area (Å²) < 4.78 is 31.8. The number of amides is 1. The monoisotopic (exact) mass is 332 g/mol. The van der Waals surface area contributed by atoms with E-state index in [1.165, 1.54) is 4.90 Å². The first-order valence-electron chi connectivity index (χ1n) is 6.43. The normalized spacial score (nSPS) is 19.8. The quantitative estimate of drug-likeness (QED) is 0.857. The number of nitrogens with zero attached hydrogens (tertiary/aromatic N) is 1. The van der Waals surface area contributed by atoms with Crippen molar-refractivity contribution in [1.82, 2.24) is 9.62 Å². The molecule has 0 radical (unpaired) electrons. The van der Waals surface area contributed by atoms with Crippen molar-refractivity contribution in [3.63, 3.8) is 0 Å². The largest absolute Gasteiger partial charge is 0.365 e. The van der Waals surface area contributed by atoms with Crippen LogP contribution in [0.4, 0.5) is 0 Å². The average Bonchev–Trinajstić information content (AvgIpc) is 2.43. The fourth-order valence-corrected chi connectivity index (χ4v) is 3.25. The number of hydrogen-bond acceptors (Lipinski definition) is 4. The van der Waals surface area contributed by atoms with E-state index in [0.717, 1.165) is 0 Å². The molecular weight excluding hydrogens is 316 g/mol. The predicted octanol–water partition coefficient (Wildman–Crippen LogP) is 0.617. The minimum absolute atomic E-state index is 0.0138. The van der Waals surface area contributed by atoms with E-state index >= 15 is 0 Å². The minimum Gasteiger partial charge on any atom is -0.365 e. The number of sulfonamides is 1. The zero-order chi connectivity index (χ0) is 15.5. The Morgan fingerprint density at radius 1 is 1.38 bits per heavy atom. The molecule has 1 unspecified atom stereocenters. The van der Waals surface area contributed by atoms with Gasteiger partial charge in [-0.15, -0.1) is 0 Å². The Morgan fingerprint density at radius 2 is 2.05 bits per heavy atom. The van der Waals surface area contributed by atoms with E-state index in [1.54, 1.807) is 31.3 Å². The number of halogens is 1. The van der Waals surface area contributed by atoms with Gasteiger partial charge >= 0.3 is 0 Å². The number of morpholine rings is 1. The maximum atomic E-state index is 12.0. The third kappa shape index (κ3) is 4.96. The molecule has 1 N–H and O–H groups in total. The van der Waals surface area contributed by atoms with E-state index in [-0.39, 0.29) is 30.9 Å². The molecule has 0 aromatic heterocycles. The predicted molar refractivity (Wildman–Crippen MR) is 79.5 cm³/mol. The van der Waals surface area contributed by atoms with Crippen LogP contribution in [-0.4, -0.2) is 52.1 Å². The smallest absolute Gasteiger partial charge is 0.248 e. The van der Waals surface area contributed by atoms with Crippen LogP contribution in [0.5, 0.6) is 0 Å². The van der Waals surface area contributed by atoms with E-state index in [9.17, 15) is 13.2 Å². The summed E-state index contributed by atoms with van der Waals surface area (Å²) in [5.74, 6) is -0.221. The molecule has 1 aliphatic rings. The molecule has 21 heavy (non-hydrogen) atoms. The number of carbonyl (C=O) groups excluding carboxylic acids is 1. The van der Waals surface area contributed by atoms with Crippen molar-refractivity contribution in [3.05, 3.63) is 34.9 Å². The van der Waals surface area contributed by atoms with Gasteiger partial charge in [-0.05, 0) is 17.7 Å². The van der Waals surface area contributed by atoms with Crippen molar-refractivity contribution in [3.8, 4) is 0 Å². The van der Waals surface area contributed by atoms with Gasteiger partial charge < -0.3 is 9.64 Å². The number of likely N-dealkylation sites (N-methyl/N-ethyl adjacent to an activating group) is 1. The Kier molecular flexibility index (Phi) is 5.21. The number of rotatable bonds is 5. The van der Waals surface area contributed by atoms with Gasteiger partial charge in [-0.1, -0.05) is 23.7 Å². The Balaban J connectivity index is 1.86. The third-order valence-electron chi connectivity index (χ3n) is 3.15. The summed E-state index contributed by atoms with van der Waals surface area (Å²) in [6.07, 6.45) is -0.326. The van der Waals surface area contributed by atoms with Gasteiger partial charge in [-0.2, -0.15) is 0 Å². The van der Waals surface area contributed by atoms with E-state index < -0.39 is 10.0 Å². The number of nitrogens with one attached hydrogen (secondary N) is 1. The van der Waals surface area contributed by atoms with Crippen LogP contribution in [0.3, 0.4) is 0 Å². The molecule has 0 spiro atoms. The molecule has 2 rings (SSSR count). The van der Waals surface area contributed by atoms with E-state index in [1.807, 2.05) is 0 Å². The molecule has 1 saturated heterocycles. The van der Waals surface area contributed by atoms with Gasteiger partial charge in [0.05, 0.1) is 11.9 Å². The van der Waals surface area contributed by atoms with Crippen molar-refractivity contribution < 1.29 is 17.9 Å². The van der Waals surface area contributed by atoms with Crippen LogP contribution in [0, 0.1) is 0 Å². The van der Waals surface area contributed by atoms with Crippen LogP contribution in [0.1, 0.15) is 5.56 Å². The zero-order valence-corrected chi connectivity index (χ0v) is 13.2. The summed E-state index contributed by atoms with van der Waals surface area (Å²) in [7, 11) is -1.79. The Hall–Kier alpha value is -1.15. The first-order valence-corrected chi connectivity index (χ1v) is 8.46. The number of ether oxygens (including phenoxy) is 1.